The SMILES string of the molecule is FC(F)(F)CC[C@@H](c1c(Cl)cccc1C(F)(F)F)N1CCNCC1. The minimum absolute atomic E-state index is 0.157. The van der Waals surface area contributed by atoms with E-state index in [1.54, 1.807) is 4.90 Å². The van der Waals surface area contributed by atoms with E-state index < -0.39 is 36.8 Å². The van der Waals surface area contributed by atoms with E-state index in [0.717, 1.165) is 12.1 Å². The minimum atomic E-state index is -4.68. The first kappa shape index (κ1) is 19.3. The first-order chi connectivity index (χ1) is 11.1. The van der Waals surface area contributed by atoms with Crippen molar-refractivity contribution in [3.63, 3.8) is 0 Å². The maximum Gasteiger partial charge on any atom is 0.416 e. The molecule has 2 nitrogen and oxygen atoms in total. The molecule has 0 aliphatic carbocycles. The van der Waals surface area contributed by atoms with Crippen molar-refractivity contribution in [2.75, 3.05) is 26.2 Å². The molecule has 1 aromatic carbocycles. The van der Waals surface area contributed by atoms with Gasteiger partial charge >= 0.3 is 12.4 Å². The van der Waals surface area contributed by atoms with Crippen molar-refractivity contribution in [3.8, 4) is 0 Å². The van der Waals surface area contributed by atoms with Crippen LogP contribution in [0.1, 0.15) is 30.0 Å². The minimum Gasteiger partial charge on any atom is -0.314 e. The Balaban J connectivity index is 2.42. The Kier molecular flexibility index (Phi) is 6.04. The van der Waals surface area contributed by atoms with Gasteiger partial charge in [-0.1, -0.05) is 17.7 Å². The van der Waals surface area contributed by atoms with E-state index in [-0.39, 0.29) is 10.6 Å². The molecule has 1 saturated heterocycles. The lowest BCUT2D eigenvalue weighted by Crippen LogP contribution is -2.45. The van der Waals surface area contributed by atoms with E-state index in [1.807, 2.05) is 0 Å². The van der Waals surface area contributed by atoms with Crippen LogP contribution in [-0.2, 0) is 6.18 Å². The van der Waals surface area contributed by atoms with Crippen molar-refractivity contribution in [2.45, 2.75) is 31.2 Å². The fraction of sp³-hybridized carbons (Fsp3) is 0.600. The Hall–Kier alpha value is -0.990. The molecule has 0 spiro atoms. The van der Waals surface area contributed by atoms with Gasteiger partial charge in [-0.2, -0.15) is 26.3 Å². The van der Waals surface area contributed by atoms with Crippen molar-refractivity contribution in [2.24, 2.45) is 0 Å². The van der Waals surface area contributed by atoms with Gasteiger partial charge in [0, 0.05) is 49.2 Å². The van der Waals surface area contributed by atoms with Gasteiger partial charge in [-0.25, -0.2) is 0 Å². The molecule has 0 bridgehead atoms. The third kappa shape index (κ3) is 5.00. The Morgan fingerprint density at radius 2 is 1.71 bits per heavy atom. The lowest BCUT2D eigenvalue weighted by Gasteiger charge is -2.37. The number of hydrogen-bond donors (Lipinski definition) is 1. The first-order valence-electron chi connectivity index (χ1n) is 7.47. The van der Waals surface area contributed by atoms with Crippen LogP contribution < -0.4 is 5.32 Å². The topological polar surface area (TPSA) is 15.3 Å². The molecule has 24 heavy (non-hydrogen) atoms. The fourth-order valence-electron chi connectivity index (χ4n) is 2.93. The summed E-state index contributed by atoms with van der Waals surface area (Å²) in [6.45, 7) is 1.75. The highest BCUT2D eigenvalue weighted by Crippen LogP contribution is 2.42. The molecule has 1 aromatic rings. The predicted molar refractivity (Wildman–Crippen MR) is 78.9 cm³/mol. The highest BCUT2D eigenvalue weighted by molar-refractivity contribution is 6.31. The first-order valence-corrected chi connectivity index (χ1v) is 7.84. The van der Waals surface area contributed by atoms with E-state index in [2.05, 4.69) is 5.32 Å². The molecular weight excluding hydrogens is 358 g/mol. The van der Waals surface area contributed by atoms with E-state index in [0.29, 0.717) is 26.2 Å². The number of rotatable bonds is 4. The van der Waals surface area contributed by atoms with Crippen molar-refractivity contribution in [3.05, 3.63) is 34.3 Å². The van der Waals surface area contributed by atoms with Gasteiger partial charge in [0.15, 0.2) is 0 Å². The number of nitrogens with one attached hydrogen (secondary N) is 1. The van der Waals surface area contributed by atoms with E-state index >= 15 is 0 Å². The molecule has 1 N–H and O–H groups in total. The highest BCUT2D eigenvalue weighted by atomic mass is 35.5. The maximum absolute atomic E-state index is 13.3. The summed E-state index contributed by atoms with van der Waals surface area (Å²) in [6, 6.07) is 2.28. The summed E-state index contributed by atoms with van der Waals surface area (Å²) >= 11 is 5.98. The van der Waals surface area contributed by atoms with Gasteiger partial charge in [0.1, 0.15) is 0 Å². The Morgan fingerprint density at radius 3 is 2.25 bits per heavy atom. The number of alkyl halides is 6. The van der Waals surface area contributed by atoms with Crippen LogP contribution in [0, 0.1) is 0 Å². The Morgan fingerprint density at radius 1 is 1.08 bits per heavy atom. The summed E-state index contributed by atoms with van der Waals surface area (Å²) in [5.41, 5.74) is -1.24. The maximum atomic E-state index is 13.3. The fourth-order valence-corrected chi connectivity index (χ4v) is 3.23. The summed E-state index contributed by atoms with van der Waals surface area (Å²) in [5, 5.41) is 2.88. The monoisotopic (exact) mass is 374 g/mol. The molecule has 1 heterocycles. The van der Waals surface area contributed by atoms with Crippen molar-refractivity contribution < 1.29 is 26.3 Å². The molecule has 136 valence electrons. The molecule has 9 heteroatoms. The van der Waals surface area contributed by atoms with Crippen LogP contribution in [0.2, 0.25) is 5.02 Å². The standard InChI is InChI=1S/C15H17ClF6N2/c16-11-3-1-2-10(15(20,21)22)13(11)12(4-5-14(17,18)19)24-8-6-23-7-9-24/h1-3,12,23H,4-9H2/t12-/m0/s1. The average molecular weight is 375 g/mol. The van der Waals surface area contributed by atoms with Gasteiger partial charge < -0.3 is 5.32 Å². The third-order valence-electron chi connectivity index (χ3n) is 3.99. The second kappa shape index (κ2) is 7.49. The number of halogens is 7. The number of benzene rings is 1. The van der Waals surface area contributed by atoms with Crippen LogP contribution in [0.25, 0.3) is 0 Å². The van der Waals surface area contributed by atoms with Crippen molar-refractivity contribution in [1.29, 1.82) is 0 Å². The number of hydrogen-bond acceptors (Lipinski definition) is 2. The van der Waals surface area contributed by atoms with Gasteiger partial charge in [-0.3, -0.25) is 4.90 Å². The van der Waals surface area contributed by atoms with Crippen LogP contribution >= 0.6 is 11.6 Å². The van der Waals surface area contributed by atoms with Gasteiger partial charge in [0.2, 0.25) is 0 Å². The molecule has 0 unspecified atom stereocenters. The molecule has 1 aliphatic rings. The average Bonchev–Trinajstić information content (AvgIpc) is 2.47. The Labute approximate surface area is 140 Å². The van der Waals surface area contributed by atoms with Crippen molar-refractivity contribution in [1.82, 2.24) is 10.2 Å². The van der Waals surface area contributed by atoms with E-state index in [9.17, 15) is 26.3 Å². The molecule has 0 radical (unpaired) electrons. The second-order valence-corrected chi connectivity index (χ2v) is 6.06. The smallest absolute Gasteiger partial charge is 0.314 e. The Bertz CT molecular complexity index is 552. The molecule has 0 amide bonds. The number of nitrogens with zero attached hydrogens (tertiary/aromatic N) is 1. The number of piperazine rings is 1. The predicted octanol–water partition coefficient (Wildman–Crippen LogP) is 4.65. The van der Waals surface area contributed by atoms with Gasteiger partial charge in [-0.05, 0) is 18.6 Å². The van der Waals surface area contributed by atoms with Crippen LogP contribution in [0.4, 0.5) is 26.3 Å². The van der Waals surface area contributed by atoms with Crippen LogP contribution in [0.15, 0.2) is 18.2 Å². The quantitative estimate of drug-likeness (QED) is 0.772. The van der Waals surface area contributed by atoms with E-state index in [4.69, 9.17) is 11.6 Å². The summed E-state index contributed by atoms with van der Waals surface area (Å²) in [4.78, 5) is 1.64. The third-order valence-corrected chi connectivity index (χ3v) is 4.31. The lowest BCUT2D eigenvalue weighted by molar-refractivity contribution is -0.141. The zero-order valence-corrected chi connectivity index (χ0v) is 13.4. The van der Waals surface area contributed by atoms with Crippen LogP contribution in [0.3, 0.4) is 0 Å². The summed E-state index contributed by atoms with van der Waals surface area (Å²) in [6.07, 6.45) is -10.7. The zero-order chi connectivity index (χ0) is 18.0. The molecule has 1 fully saturated rings. The largest absolute Gasteiger partial charge is 0.416 e. The van der Waals surface area contributed by atoms with Crippen LogP contribution in [-0.4, -0.2) is 37.3 Å². The summed E-state index contributed by atoms with van der Waals surface area (Å²) < 4.78 is 77.9. The van der Waals surface area contributed by atoms with Crippen LogP contribution in [0.5, 0.6) is 0 Å². The second-order valence-electron chi connectivity index (χ2n) is 5.65. The summed E-state index contributed by atoms with van der Waals surface area (Å²) in [5.74, 6) is 0. The molecular formula is C15H17ClF6N2. The lowest BCUT2D eigenvalue weighted by atomic mass is 9.94. The molecule has 2 rings (SSSR count). The molecule has 0 saturated carbocycles. The van der Waals surface area contributed by atoms with Crippen molar-refractivity contribution >= 4 is 11.6 Å². The molecule has 1 aliphatic heterocycles. The van der Waals surface area contributed by atoms with Gasteiger partial charge in [-0.15, -0.1) is 0 Å². The van der Waals surface area contributed by atoms with Gasteiger partial charge in [0.25, 0.3) is 0 Å². The van der Waals surface area contributed by atoms with E-state index in [1.165, 1.54) is 6.07 Å². The summed E-state index contributed by atoms with van der Waals surface area (Å²) in [7, 11) is 0. The molecule has 1 atom stereocenters. The normalized spacial score (nSPS) is 18.6. The highest BCUT2D eigenvalue weighted by Gasteiger charge is 2.39. The van der Waals surface area contributed by atoms with Gasteiger partial charge in [0.05, 0.1) is 5.56 Å². The molecule has 0 aromatic heterocycles. The zero-order valence-electron chi connectivity index (χ0n) is 12.6.